The molecule has 1 N–H and O–H groups in total. The molecule has 1 aromatic heterocycles. The number of aliphatic carboxylic acids is 1. The maximum atomic E-state index is 11.3. The van der Waals surface area contributed by atoms with Crippen LogP contribution in [0, 0.1) is 0 Å². The first-order chi connectivity index (χ1) is 9.19. The molecule has 1 aromatic carbocycles. The number of hydrogen-bond donors (Lipinski definition) is 1. The Bertz CT molecular complexity index is 539. The van der Waals surface area contributed by atoms with Gasteiger partial charge < -0.3 is 5.11 Å². The molecule has 5 heteroatoms. The van der Waals surface area contributed by atoms with Crippen LogP contribution in [0.15, 0.2) is 40.1 Å². The SMILES string of the molecule is CCc1csc(SC(Cc2ccccc2)C(=O)O)n1. The van der Waals surface area contributed by atoms with Crippen LogP contribution in [0.3, 0.4) is 0 Å². The molecule has 0 fully saturated rings. The largest absolute Gasteiger partial charge is 0.480 e. The summed E-state index contributed by atoms with van der Waals surface area (Å²) in [6.45, 7) is 2.04. The highest BCUT2D eigenvalue weighted by Crippen LogP contribution is 2.29. The zero-order chi connectivity index (χ0) is 13.7. The number of aryl methyl sites for hydroxylation is 1. The molecule has 0 aliphatic rings. The zero-order valence-corrected chi connectivity index (χ0v) is 12.2. The fourth-order valence-electron chi connectivity index (χ4n) is 1.63. The Morgan fingerprint density at radius 3 is 2.74 bits per heavy atom. The van der Waals surface area contributed by atoms with Crippen molar-refractivity contribution >= 4 is 29.1 Å². The minimum Gasteiger partial charge on any atom is -0.480 e. The maximum absolute atomic E-state index is 11.3. The Hall–Kier alpha value is -1.33. The van der Waals surface area contributed by atoms with E-state index in [-0.39, 0.29) is 0 Å². The lowest BCUT2D eigenvalue weighted by molar-refractivity contribution is -0.136. The van der Waals surface area contributed by atoms with E-state index >= 15 is 0 Å². The lowest BCUT2D eigenvalue weighted by Gasteiger charge is -2.10. The van der Waals surface area contributed by atoms with E-state index in [9.17, 15) is 9.90 Å². The molecule has 100 valence electrons. The van der Waals surface area contributed by atoms with Gasteiger partial charge in [-0.3, -0.25) is 4.79 Å². The summed E-state index contributed by atoms with van der Waals surface area (Å²) >= 11 is 2.85. The van der Waals surface area contributed by atoms with Crippen LogP contribution in [0.2, 0.25) is 0 Å². The quantitative estimate of drug-likeness (QED) is 0.828. The molecule has 0 aliphatic carbocycles. The van der Waals surface area contributed by atoms with Crippen LogP contribution >= 0.6 is 23.1 Å². The minimum atomic E-state index is -0.790. The molecule has 0 radical (unpaired) electrons. The Morgan fingerprint density at radius 1 is 1.42 bits per heavy atom. The van der Waals surface area contributed by atoms with Crippen molar-refractivity contribution in [3.8, 4) is 0 Å². The molecule has 0 bridgehead atoms. The first-order valence-corrected chi connectivity index (χ1v) is 7.82. The van der Waals surface area contributed by atoms with Crippen LogP contribution < -0.4 is 0 Å². The van der Waals surface area contributed by atoms with Crippen LogP contribution in [0.25, 0.3) is 0 Å². The monoisotopic (exact) mass is 293 g/mol. The van der Waals surface area contributed by atoms with E-state index in [1.54, 1.807) is 0 Å². The molecule has 0 amide bonds. The molecular weight excluding hydrogens is 278 g/mol. The van der Waals surface area contributed by atoms with Crippen molar-refractivity contribution < 1.29 is 9.90 Å². The third-order valence-electron chi connectivity index (χ3n) is 2.68. The van der Waals surface area contributed by atoms with E-state index in [1.165, 1.54) is 23.1 Å². The van der Waals surface area contributed by atoms with Crippen molar-refractivity contribution in [1.29, 1.82) is 0 Å². The van der Waals surface area contributed by atoms with Gasteiger partial charge in [0.15, 0.2) is 4.34 Å². The number of nitrogens with zero attached hydrogens (tertiary/aromatic N) is 1. The number of carboxylic acids is 1. The van der Waals surface area contributed by atoms with E-state index in [0.717, 1.165) is 22.0 Å². The number of carboxylic acid groups (broad SMARTS) is 1. The molecule has 3 nitrogen and oxygen atoms in total. The summed E-state index contributed by atoms with van der Waals surface area (Å²) < 4.78 is 0.834. The topological polar surface area (TPSA) is 50.2 Å². The lowest BCUT2D eigenvalue weighted by Crippen LogP contribution is -2.19. The molecule has 1 unspecified atom stereocenters. The molecule has 2 rings (SSSR count). The standard InChI is InChI=1S/C14H15NO2S2/c1-2-11-9-18-14(15-11)19-12(13(16)17)8-10-6-4-3-5-7-10/h3-7,9,12H,2,8H2,1H3,(H,16,17). The first kappa shape index (κ1) is 14.1. The third kappa shape index (κ3) is 4.08. The van der Waals surface area contributed by atoms with E-state index < -0.39 is 11.2 Å². The molecule has 0 saturated carbocycles. The molecule has 2 aromatic rings. The van der Waals surface area contributed by atoms with Gasteiger partial charge in [-0.1, -0.05) is 49.0 Å². The highest BCUT2D eigenvalue weighted by atomic mass is 32.2. The number of thiazole rings is 1. The van der Waals surface area contributed by atoms with Crippen LogP contribution in [0.4, 0.5) is 0 Å². The van der Waals surface area contributed by atoms with Crippen molar-refractivity contribution in [3.05, 3.63) is 47.0 Å². The Labute approximate surface area is 120 Å². The van der Waals surface area contributed by atoms with Gasteiger partial charge in [0.1, 0.15) is 5.25 Å². The summed E-state index contributed by atoms with van der Waals surface area (Å²) in [6.07, 6.45) is 1.40. The highest BCUT2D eigenvalue weighted by molar-refractivity contribution is 8.02. The van der Waals surface area contributed by atoms with E-state index in [0.29, 0.717) is 6.42 Å². The van der Waals surface area contributed by atoms with Crippen molar-refractivity contribution in [2.24, 2.45) is 0 Å². The first-order valence-electron chi connectivity index (χ1n) is 6.07. The Kier molecular flexibility index (Phi) is 4.99. The molecule has 19 heavy (non-hydrogen) atoms. The predicted molar refractivity (Wildman–Crippen MR) is 78.9 cm³/mol. The average Bonchev–Trinajstić information content (AvgIpc) is 2.87. The minimum absolute atomic E-state index is 0.488. The number of rotatable bonds is 6. The number of hydrogen-bond acceptors (Lipinski definition) is 4. The van der Waals surface area contributed by atoms with Crippen LogP contribution in [0.1, 0.15) is 18.2 Å². The fourth-order valence-corrected chi connectivity index (χ4v) is 3.77. The second-order valence-corrected chi connectivity index (χ2v) is 6.40. The summed E-state index contributed by atoms with van der Waals surface area (Å²) in [5, 5.41) is 10.8. The molecule has 1 atom stereocenters. The van der Waals surface area contributed by atoms with Gasteiger partial charge in [0.05, 0.1) is 5.69 Å². The van der Waals surface area contributed by atoms with Gasteiger partial charge in [0.2, 0.25) is 0 Å². The number of aromatic nitrogens is 1. The van der Waals surface area contributed by atoms with Gasteiger partial charge >= 0.3 is 5.97 Å². The summed E-state index contributed by atoms with van der Waals surface area (Å²) in [6, 6.07) is 9.70. The normalized spacial score (nSPS) is 12.3. The van der Waals surface area contributed by atoms with E-state index in [1.807, 2.05) is 42.6 Å². The summed E-state index contributed by atoms with van der Waals surface area (Å²) in [5.41, 5.74) is 2.06. The van der Waals surface area contributed by atoms with Gasteiger partial charge in [0.25, 0.3) is 0 Å². The number of carbonyl (C=O) groups is 1. The van der Waals surface area contributed by atoms with Crippen molar-refractivity contribution in [2.45, 2.75) is 29.4 Å². The average molecular weight is 293 g/mol. The molecule has 0 saturated heterocycles. The fraction of sp³-hybridized carbons (Fsp3) is 0.286. The van der Waals surface area contributed by atoms with E-state index in [4.69, 9.17) is 0 Å². The second-order valence-electron chi connectivity index (χ2n) is 4.09. The highest BCUT2D eigenvalue weighted by Gasteiger charge is 2.21. The third-order valence-corrected chi connectivity index (χ3v) is 4.88. The van der Waals surface area contributed by atoms with Gasteiger partial charge in [-0.05, 0) is 18.4 Å². The van der Waals surface area contributed by atoms with Crippen LogP contribution in [0.5, 0.6) is 0 Å². The van der Waals surface area contributed by atoms with Gasteiger partial charge in [-0.25, -0.2) is 4.98 Å². The lowest BCUT2D eigenvalue weighted by atomic mass is 10.1. The van der Waals surface area contributed by atoms with Gasteiger partial charge in [-0.2, -0.15) is 0 Å². The van der Waals surface area contributed by atoms with Crippen molar-refractivity contribution in [1.82, 2.24) is 4.98 Å². The van der Waals surface area contributed by atoms with Crippen LogP contribution in [-0.4, -0.2) is 21.3 Å². The van der Waals surface area contributed by atoms with Crippen LogP contribution in [-0.2, 0) is 17.6 Å². The molecule has 0 spiro atoms. The Morgan fingerprint density at radius 2 is 2.16 bits per heavy atom. The van der Waals surface area contributed by atoms with Crippen molar-refractivity contribution in [2.75, 3.05) is 0 Å². The smallest absolute Gasteiger partial charge is 0.317 e. The zero-order valence-electron chi connectivity index (χ0n) is 10.6. The Balaban J connectivity index is 2.06. The molecule has 1 heterocycles. The summed E-state index contributed by atoms with van der Waals surface area (Å²) in [4.78, 5) is 15.8. The maximum Gasteiger partial charge on any atom is 0.317 e. The number of benzene rings is 1. The van der Waals surface area contributed by atoms with Crippen molar-refractivity contribution in [3.63, 3.8) is 0 Å². The van der Waals surface area contributed by atoms with Gasteiger partial charge in [-0.15, -0.1) is 11.3 Å². The number of thioether (sulfide) groups is 1. The summed E-state index contributed by atoms with van der Waals surface area (Å²) in [7, 11) is 0. The van der Waals surface area contributed by atoms with Gasteiger partial charge in [0, 0.05) is 5.38 Å². The molecule has 0 aliphatic heterocycles. The predicted octanol–water partition coefficient (Wildman–Crippen LogP) is 3.49. The van der Waals surface area contributed by atoms with E-state index in [2.05, 4.69) is 4.98 Å². The molecular formula is C14H15NO2S2. The summed E-state index contributed by atoms with van der Waals surface area (Å²) in [5.74, 6) is -0.790. The second kappa shape index (κ2) is 6.73.